The molecule has 1 aliphatic rings. The molecule has 0 aromatic heterocycles. The van der Waals surface area contributed by atoms with Gasteiger partial charge in [-0.2, -0.15) is 0 Å². The van der Waals surface area contributed by atoms with Crippen LogP contribution in [0.5, 0.6) is 0 Å². The van der Waals surface area contributed by atoms with Gasteiger partial charge in [0, 0.05) is 17.4 Å². The van der Waals surface area contributed by atoms with Gasteiger partial charge in [-0.1, -0.05) is 13.0 Å². The molecule has 2 N–H and O–H groups in total. The highest BCUT2D eigenvalue weighted by molar-refractivity contribution is 8.00. The van der Waals surface area contributed by atoms with Gasteiger partial charge in [0.2, 0.25) is 5.91 Å². The van der Waals surface area contributed by atoms with E-state index in [4.69, 9.17) is 0 Å². The van der Waals surface area contributed by atoms with Gasteiger partial charge in [-0.25, -0.2) is 0 Å². The molecule has 2 atom stereocenters. The standard InChI is InChI=1S/C13H17NO2S/c1-3-9(7-15)10-4-5-11-12(6-10)17-8(2)13(16)14-11/h4-6,8-9,15H,3,7H2,1-2H3,(H,14,16). The Labute approximate surface area is 106 Å². The average molecular weight is 251 g/mol. The lowest BCUT2D eigenvalue weighted by molar-refractivity contribution is -0.115. The third-order valence-corrected chi connectivity index (χ3v) is 4.28. The predicted molar refractivity (Wildman–Crippen MR) is 70.5 cm³/mol. The van der Waals surface area contributed by atoms with Crippen LogP contribution in [0.4, 0.5) is 5.69 Å². The predicted octanol–water partition coefficient (Wildman–Crippen LogP) is 2.61. The number of anilines is 1. The van der Waals surface area contributed by atoms with Gasteiger partial charge < -0.3 is 10.4 Å². The highest BCUT2D eigenvalue weighted by atomic mass is 32.2. The Morgan fingerprint density at radius 3 is 2.94 bits per heavy atom. The van der Waals surface area contributed by atoms with Crippen LogP contribution in [0.2, 0.25) is 0 Å². The van der Waals surface area contributed by atoms with Crippen LogP contribution in [0, 0.1) is 0 Å². The van der Waals surface area contributed by atoms with E-state index in [-0.39, 0.29) is 23.7 Å². The van der Waals surface area contributed by atoms with Crippen molar-refractivity contribution in [2.45, 2.75) is 36.3 Å². The number of amides is 1. The first-order valence-corrected chi connectivity index (χ1v) is 6.76. The number of fused-ring (bicyclic) bond motifs is 1. The third-order valence-electron chi connectivity index (χ3n) is 3.12. The van der Waals surface area contributed by atoms with Crippen LogP contribution in [0.25, 0.3) is 0 Å². The summed E-state index contributed by atoms with van der Waals surface area (Å²) in [6.45, 7) is 4.14. The van der Waals surface area contributed by atoms with Crippen molar-refractivity contribution in [3.63, 3.8) is 0 Å². The maximum absolute atomic E-state index is 11.5. The minimum absolute atomic E-state index is 0.0491. The van der Waals surface area contributed by atoms with E-state index in [1.165, 1.54) is 0 Å². The Hall–Kier alpha value is -1.00. The lowest BCUT2D eigenvalue weighted by atomic mass is 9.97. The largest absolute Gasteiger partial charge is 0.396 e. The van der Waals surface area contributed by atoms with Crippen LogP contribution in [0.1, 0.15) is 31.7 Å². The van der Waals surface area contributed by atoms with E-state index in [9.17, 15) is 9.90 Å². The number of rotatable bonds is 3. The van der Waals surface area contributed by atoms with Gasteiger partial charge >= 0.3 is 0 Å². The summed E-state index contributed by atoms with van der Waals surface area (Å²) in [7, 11) is 0. The molecule has 0 aliphatic carbocycles. The van der Waals surface area contributed by atoms with Gasteiger partial charge in [0.25, 0.3) is 0 Å². The number of thioether (sulfide) groups is 1. The lowest BCUT2D eigenvalue weighted by Crippen LogP contribution is -2.26. The monoisotopic (exact) mass is 251 g/mol. The van der Waals surface area contributed by atoms with Crippen LogP contribution in [-0.4, -0.2) is 22.9 Å². The van der Waals surface area contributed by atoms with Crippen LogP contribution in [-0.2, 0) is 4.79 Å². The molecule has 0 radical (unpaired) electrons. The third kappa shape index (κ3) is 2.48. The Morgan fingerprint density at radius 2 is 2.29 bits per heavy atom. The maximum Gasteiger partial charge on any atom is 0.237 e. The first-order valence-electron chi connectivity index (χ1n) is 5.88. The zero-order valence-corrected chi connectivity index (χ0v) is 10.9. The molecule has 2 unspecified atom stereocenters. The molecule has 1 heterocycles. The van der Waals surface area contributed by atoms with Gasteiger partial charge in [-0.3, -0.25) is 4.79 Å². The van der Waals surface area contributed by atoms with E-state index in [1.54, 1.807) is 11.8 Å². The molecular weight excluding hydrogens is 234 g/mol. The zero-order chi connectivity index (χ0) is 12.4. The van der Waals surface area contributed by atoms with Crippen LogP contribution in [0.15, 0.2) is 23.1 Å². The van der Waals surface area contributed by atoms with Gasteiger partial charge in [0.15, 0.2) is 0 Å². The van der Waals surface area contributed by atoms with Gasteiger partial charge in [-0.05, 0) is 31.0 Å². The zero-order valence-electron chi connectivity index (χ0n) is 10.1. The van der Waals surface area contributed by atoms with Crippen LogP contribution in [0.3, 0.4) is 0 Å². The first-order chi connectivity index (χ1) is 8.15. The highest BCUT2D eigenvalue weighted by Gasteiger charge is 2.23. The smallest absolute Gasteiger partial charge is 0.237 e. The molecule has 0 fully saturated rings. The fourth-order valence-corrected chi connectivity index (χ4v) is 2.94. The van der Waals surface area contributed by atoms with Gasteiger partial charge in [-0.15, -0.1) is 11.8 Å². The number of carbonyl (C=O) groups excluding carboxylic acids is 1. The van der Waals surface area contributed by atoms with Crippen molar-refractivity contribution in [3.05, 3.63) is 23.8 Å². The summed E-state index contributed by atoms with van der Waals surface area (Å²) in [6, 6.07) is 6.00. The fraction of sp³-hybridized carbons (Fsp3) is 0.462. The summed E-state index contributed by atoms with van der Waals surface area (Å²) in [5.74, 6) is 0.248. The second kappa shape index (κ2) is 5.10. The van der Waals surface area contributed by atoms with Crippen molar-refractivity contribution >= 4 is 23.4 Å². The second-order valence-corrected chi connectivity index (χ2v) is 5.68. The van der Waals surface area contributed by atoms with Gasteiger partial charge in [0.1, 0.15) is 0 Å². The normalized spacial score (nSPS) is 20.6. The van der Waals surface area contributed by atoms with E-state index >= 15 is 0 Å². The van der Waals surface area contributed by atoms with Crippen molar-refractivity contribution in [2.24, 2.45) is 0 Å². The summed E-state index contributed by atoms with van der Waals surface area (Å²) < 4.78 is 0. The first kappa shape index (κ1) is 12.5. The lowest BCUT2D eigenvalue weighted by Gasteiger charge is -2.23. The summed E-state index contributed by atoms with van der Waals surface area (Å²) in [4.78, 5) is 12.6. The average Bonchev–Trinajstić information content (AvgIpc) is 2.32. The van der Waals surface area contributed by atoms with Crippen molar-refractivity contribution < 1.29 is 9.90 Å². The number of aliphatic hydroxyl groups is 1. The topological polar surface area (TPSA) is 49.3 Å². The molecule has 1 amide bonds. The molecule has 4 heteroatoms. The van der Waals surface area contributed by atoms with Crippen LogP contribution >= 0.6 is 11.8 Å². The molecule has 92 valence electrons. The van der Waals surface area contributed by atoms with Gasteiger partial charge in [0.05, 0.1) is 10.9 Å². The number of hydrogen-bond acceptors (Lipinski definition) is 3. The maximum atomic E-state index is 11.5. The van der Waals surface area contributed by atoms with E-state index in [1.807, 2.05) is 19.1 Å². The van der Waals surface area contributed by atoms with E-state index < -0.39 is 0 Å². The SMILES string of the molecule is CCC(CO)c1ccc2c(c1)SC(C)C(=O)N2. The van der Waals surface area contributed by atoms with Crippen molar-refractivity contribution in [1.29, 1.82) is 0 Å². The molecule has 0 bridgehead atoms. The summed E-state index contributed by atoms with van der Waals surface area (Å²) in [5, 5.41) is 12.1. The molecule has 17 heavy (non-hydrogen) atoms. The quantitative estimate of drug-likeness (QED) is 0.868. The minimum Gasteiger partial charge on any atom is -0.396 e. The number of aliphatic hydroxyl groups excluding tert-OH is 1. The van der Waals surface area contributed by atoms with Crippen molar-refractivity contribution in [2.75, 3.05) is 11.9 Å². The van der Waals surface area contributed by atoms with E-state index in [0.29, 0.717) is 0 Å². The Morgan fingerprint density at radius 1 is 1.53 bits per heavy atom. The minimum atomic E-state index is -0.0491. The summed E-state index contributed by atoms with van der Waals surface area (Å²) >= 11 is 1.58. The molecule has 3 nitrogen and oxygen atoms in total. The molecule has 1 aliphatic heterocycles. The van der Waals surface area contributed by atoms with Crippen molar-refractivity contribution in [1.82, 2.24) is 0 Å². The number of benzene rings is 1. The molecule has 0 saturated carbocycles. The molecule has 0 spiro atoms. The molecule has 1 aromatic carbocycles. The Kier molecular flexibility index (Phi) is 3.74. The number of hydrogen-bond donors (Lipinski definition) is 2. The molecular formula is C13H17NO2S. The summed E-state index contributed by atoms with van der Waals surface area (Å²) in [6.07, 6.45) is 0.919. The van der Waals surface area contributed by atoms with Crippen LogP contribution < -0.4 is 5.32 Å². The molecule has 0 saturated heterocycles. The van der Waals surface area contributed by atoms with Crippen molar-refractivity contribution in [3.8, 4) is 0 Å². The summed E-state index contributed by atoms with van der Waals surface area (Å²) in [5.41, 5.74) is 2.03. The van der Waals surface area contributed by atoms with E-state index in [0.717, 1.165) is 22.6 Å². The Bertz CT molecular complexity index is 429. The number of carbonyl (C=O) groups is 1. The van der Waals surface area contributed by atoms with E-state index in [2.05, 4.69) is 18.3 Å². The molecule has 1 aromatic rings. The highest BCUT2D eigenvalue weighted by Crippen LogP contribution is 2.37. The number of nitrogens with one attached hydrogen (secondary N) is 1. The Balaban J connectivity index is 2.31. The fourth-order valence-electron chi connectivity index (χ4n) is 1.94. The second-order valence-electron chi connectivity index (χ2n) is 4.29. The molecule has 2 rings (SSSR count).